The Morgan fingerprint density at radius 1 is 0.333 bits per heavy atom. The number of likely N-dealkylation sites (N-methyl/N-ethyl adjacent to an activating group) is 1. The first kappa shape index (κ1) is 94.3. The molecule has 0 aliphatic carbocycles. The molecule has 0 saturated carbocycles. The molecule has 0 aromatic heterocycles. The fourth-order valence-corrected chi connectivity index (χ4v) is 15.1. The third kappa shape index (κ3) is 46.0. The Labute approximate surface area is 619 Å². The molecule has 99 heavy (non-hydrogen) atoms. The van der Waals surface area contributed by atoms with Gasteiger partial charge in [0.25, 0.3) is 0 Å². The summed E-state index contributed by atoms with van der Waals surface area (Å²) in [5.74, 6) is 9.50. The maximum Gasteiger partial charge on any atom is 0.125 e. The van der Waals surface area contributed by atoms with E-state index in [0.29, 0.717) is 41.7 Å². The summed E-state index contributed by atoms with van der Waals surface area (Å²) in [6.45, 7) is 51.0. The average molecular weight is 1390 g/mol. The van der Waals surface area contributed by atoms with E-state index >= 15 is 0 Å². The number of unbranched alkanes of at least 4 members (excludes halogenated alkanes) is 35. The fourth-order valence-electron chi connectivity index (χ4n) is 15.1. The Hall–Kier alpha value is -2.69. The molecule has 0 spiro atoms. The predicted molar refractivity (Wildman–Crippen MR) is 445 cm³/mol. The van der Waals surface area contributed by atoms with Crippen LogP contribution in [0.1, 0.15) is 420 Å². The van der Waals surface area contributed by atoms with Crippen LogP contribution < -0.4 is 5.32 Å². The molecule has 5 rings (SSSR count). The Bertz CT molecular complexity index is 1990. The maximum absolute atomic E-state index is 9.73. The summed E-state index contributed by atoms with van der Waals surface area (Å²) in [5, 5.41) is 13.2. The Morgan fingerprint density at radius 3 is 0.919 bits per heavy atom. The van der Waals surface area contributed by atoms with Gasteiger partial charge in [0, 0.05) is 81.4 Å². The summed E-state index contributed by atoms with van der Waals surface area (Å²) in [7, 11) is 2.18. The van der Waals surface area contributed by atoms with Gasteiger partial charge in [-0.15, -0.1) is 0 Å². The molecule has 0 fully saturated rings. The van der Waals surface area contributed by atoms with Crippen LogP contribution in [0, 0.1) is 29.6 Å². The van der Waals surface area contributed by atoms with E-state index < -0.39 is 6.23 Å². The largest absolute Gasteiger partial charge is 0.374 e. The van der Waals surface area contributed by atoms with E-state index in [1.807, 2.05) is 6.92 Å². The van der Waals surface area contributed by atoms with Crippen LogP contribution in [0.3, 0.4) is 0 Å². The molecule has 6 atom stereocenters. The molecular formula is C88H176N10O. The van der Waals surface area contributed by atoms with E-state index in [9.17, 15) is 5.11 Å². The lowest BCUT2D eigenvalue weighted by atomic mass is 9.99. The first-order chi connectivity index (χ1) is 47.5. The van der Waals surface area contributed by atoms with Crippen molar-refractivity contribution in [3.8, 4) is 0 Å². The zero-order chi connectivity index (χ0) is 73.5. The first-order valence-electron chi connectivity index (χ1n) is 43.8. The van der Waals surface area contributed by atoms with Crippen LogP contribution in [0.5, 0.6) is 0 Å². The minimum absolute atomic E-state index is 0.104. The lowest BCUT2D eigenvalue weighted by Gasteiger charge is -2.29. The Balaban J connectivity index is 0.000000620. The van der Waals surface area contributed by atoms with E-state index in [2.05, 4.69) is 167 Å². The number of amidine groups is 5. The summed E-state index contributed by atoms with van der Waals surface area (Å²) >= 11 is 0. The van der Waals surface area contributed by atoms with Crippen molar-refractivity contribution < 1.29 is 5.11 Å². The van der Waals surface area contributed by atoms with Crippen molar-refractivity contribution in [3.05, 3.63) is 0 Å². The maximum atomic E-state index is 9.73. The molecule has 0 aromatic rings. The summed E-state index contributed by atoms with van der Waals surface area (Å²) in [6, 6.07) is 1.18. The van der Waals surface area contributed by atoms with Gasteiger partial charge in [0.15, 0.2) is 0 Å². The van der Waals surface area contributed by atoms with E-state index in [4.69, 9.17) is 15.0 Å². The van der Waals surface area contributed by atoms with Crippen LogP contribution in [0.2, 0.25) is 0 Å². The summed E-state index contributed by atoms with van der Waals surface area (Å²) < 4.78 is 0. The highest BCUT2D eigenvalue weighted by atomic mass is 16.3. The zero-order valence-corrected chi connectivity index (χ0v) is 70.6. The van der Waals surface area contributed by atoms with Crippen LogP contribution in [0.4, 0.5) is 0 Å². The van der Waals surface area contributed by atoms with Crippen LogP contribution in [0.15, 0.2) is 25.0 Å². The second-order valence-electron chi connectivity index (χ2n) is 33.7. The first-order valence-corrected chi connectivity index (χ1v) is 43.8. The highest BCUT2D eigenvalue weighted by Crippen LogP contribution is 2.29. The quantitative estimate of drug-likeness (QED) is 0.0588. The van der Waals surface area contributed by atoms with Gasteiger partial charge in [-0.05, 0) is 94.4 Å². The molecule has 0 saturated heterocycles. The number of nitrogens with zero attached hydrogens (tertiary/aromatic N) is 9. The van der Waals surface area contributed by atoms with Gasteiger partial charge in [-0.1, -0.05) is 326 Å². The number of hydrogen-bond acceptors (Lipinski definition) is 11. The molecular weight excluding hydrogens is 1210 g/mol. The number of rotatable bonds is 53. The van der Waals surface area contributed by atoms with Crippen molar-refractivity contribution in [2.45, 2.75) is 450 Å². The second-order valence-corrected chi connectivity index (χ2v) is 33.7. The van der Waals surface area contributed by atoms with Gasteiger partial charge in [-0.3, -0.25) is 25.0 Å². The predicted octanol–water partition coefficient (Wildman–Crippen LogP) is 25.0. The minimum Gasteiger partial charge on any atom is -0.374 e. The minimum atomic E-state index is -0.391. The molecule has 0 bridgehead atoms. The van der Waals surface area contributed by atoms with Crippen molar-refractivity contribution in [1.82, 2.24) is 24.9 Å². The van der Waals surface area contributed by atoms with Crippen LogP contribution in [0.25, 0.3) is 0 Å². The van der Waals surface area contributed by atoms with Crippen LogP contribution in [-0.2, 0) is 0 Å². The molecule has 11 heteroatoms. The van der Waals surface area contributed by atoms with Gasteiger partial charge in [-0.2, -0.15) is 0 Å². The molecule has 2 N–H and O–H groups in total. The number of nitrogens with one attached hydrogen (secondary N) is 1. The summed E-state index contributed by atoms with van der Waals surface area (Å²) in [5.41, 5.74) is 0.218. The van der Waals surface area contributed by atoms with Gasteiger partial charge >= 0.3 is 0 Å². The van der Waals surface area contributed by atoms with Crippen molar-refractivity contribution in [3.63, 3.8) is 0 Å². The standard InChI is InChI=1S/C20H40N2.C18H36N2.C17H34N2O.C17H34N2.C16H32N2/c1-7-8-9-10-11-12-13-14-15-18(4)19-21-20(5,6)16-22(19)17(2)3;1-5-6-7-8-9-10-11-12-13-17(4)18-19-14-15-20(18)16(2)3;1-4-5-6-7-8-9-10-11-12-15(2)17-18-13-14-19(17)16(3)20;1-5-6-7-8-9-10-11-12-13-15(2)16-18-14-17(3,4)19-16;1-4-5-6-7-8-9-10-11-12-15(2)16-17-13-14-18(16)3/h17-18H,7-16H2,1-6H3;16-17H,5-15H2,1-4H3;15-16,20H,4-14H2,1-3H3;15H,5-14H2,1-4H3,(H,18,19);15H,4-14H2,1-3H3. The number of aliphatic hydroxyl groups excluding tert-OH is 1. The SMILES string of the molecule is CCCCCCCCCCC(C)C1=NC(C)(C)CN1.CCCCCCCCCCC(C)C1=NC(C)(C)CN1C(C)C.CCCCCCCCCCC(C)C1=NCCN1C.CCCCCCCCCCC(C)C1=NCCN1C(C)C.CCCCCCCCCCC(C)C1=NCCN1C(C)O. The monoisotopic (exact) mass is 1390 g/mol. The van der Waals surface area contributed by atoms with E-state index in [1.165, 1.54) is 312 Å². The number of hydrogen-bond donors (Lipinski definition) is 2. The van der Waals surface area contributed by atoms with Crippen molar-refractivity contribution >= 4 is 29.2 Å². The molecule has 0 amide bonds. The van der Waals surface area contributed by atoms with E-state index in [-0.39, 0.29) is 11.1 Å². The third-order valence-electron chi connectivity index (χ3n) is 21.7. The van der Waals surface area contributed by atoms with Gasteiger partial charge in [0.1, 0.15) is 29.6 Å². The van der Waals surface area contributed by atoms with Gasteiger partial charge < -0.3 is 30.0 Å². The molecule has 6 unspecified atom stereocenters. The summed E-state index contributed by atoms with van der Waals surface area (Å²) in [4.78, 5) is 33.1. The molecule has 0 aromatic carbocycles. The number of aliphatic imine (C=N–C) groups is 5. The molecule has 0 radical (unpaired) electrons. The van der Waals surface area contributed by atoms with Gasteiger partial charge in [-0.25, -0.2) is 0 Å². The van der Waals surface area contributed by atoms with Gasteiger partial charge in [0.05, 0.1) is 36.5 Å². The normalized spacial score (nSPS) is 18.0. The van der Waals surface area contributed by atoms with Crippen molar-refractivity contribution in [1.29, 1.82) is 0 Å². The fraction of sp³-hybridized carbons (Fsp3) is 0.943. The highest BCUT2D eigenvalue weighted by Gasteiger charge is 2.35. The van der Waals surface area contributed by atoms with Crippen LogP contribution in [-0.4, -0.2) is 143 Å². The lowest BCUT2D eigenvalue weighted by molar-refractivity contribution is 0.0746. The molecule has 5 heterocycles. The molecule has 5 aliphatic rings. The highest BCUT2D eigenvalue weighted by molar-refractivity contribution is 5.88. The molecule has 11 nitrogen and oxygen atoms in total. The topological polar surface area (TPSA) is 107 Å². The third-order valence-corrected chi connectivity index (χ3v) is 21.7. The number of aliphatic hydroxyl groups is 1. The van der Waals surface area contributed by atoms with Crippen molar-refractivity contribution in [2.24, 2.45) is 54.6 Å². The zero-order valence-electron chi connectivity index (χ0n) is 70.6. The van der Waals surface area contributed by atoms with Gasteiger partial charge in [0.2, 0.25) is 0 Å². The van der Waals surface area contributed by atoms with Crippen molar-refractivity contribution in [2.75, 3.05) is 59.4 Å². The molecule has 584 valence electrons. The smallest absolute Gasteiger partial charge is 0.125 e. The van der Waals surface area contributed by atoms with E-state index in [1.54, 1.807) is 0 Å². The Kier molecular flexibility index (Phi) is 56.7. The summed E-state index contributed by atoms with van der Waals surface area (Å²) in [6.07, 6.45) is 62.1. The average Bonchev–Trinajstić information content (AvgIpc) is 1.67. The second kappa shape index (κ2) is 59.6. The van der Waals surface area contributed by atoms with E-state index in [0.717, 1.165) is 58.2 Å². The molecule has 5 aliphatic heterocycles. The Morgan fingerprint density at radius 2 is 0.616 bits per heavy atom. The van der Waals surface area contributed by atoms with Crippen LogP contribution >= 0.6 is 0 Å². The lowest BCUT2D eigenvalue weighted by Crippen LogP contribution is -2.39.